The lowest BCUT2D eigenvalue weighted by Gasteiger charge is -2.08. The molecule has 4 heteroatoms. The second-order valence-corrected chi connectivity index (χ2v) is 5.25. The molecule has 23 heavy (non-hydrogen) atoms. The molecule has 1 aromatic carbocycles. The molecule has 0 unspecified atom stereocenters. The fourth-order valence-electron chi connectivity index (χ4n) is 2.40. The first kappa shape index (κ1) is 15.2. The Morgan fingerprint density at radius 3 is 2.39 bits per heavy atom. The Morgan fingerprint density at radius 2 is 1.65 bits per heavy atom. The monoisotopic (exact) mass is 305 g/mol. The van der Waals surface area contributed by atoms with Crippen molar-refractivity contribution >= 4 is 0 Å². The lowest BCUT2D eigenvalue weighted by atomic mass is 10.1. The molecule has 0 aliphatic rings. The molecule has 116 valence electrons. The molecule has 4 nitrogen and oxygen atoms in total. The highest BCUT2D eigenvalue weighted by atomic mass is 16.5. The average Bonchev–Trinajstić information content (AvgIpc) is 2.62. The zero-order valence-corrected chi connectivity index (χ0v) is 13.4. The van der Waals surface area contributed by atoms with Crippen molar-refractivity contribution in [1.82, 2.24) is 15.0 Å². The molecule has 0 saturated heterocycles. The van der Waals surface area contributed by atoms with Gasteiger partial charge in [0.15, 0.2) is 5.82 Å². The first-order valence-electron chi connectivity index (χ1n) is 7.75. The van der Waals surface area contributed by atoms with Gasteiger partial charge in [-0.1, -0.05) is 49.7 Å². The molecule has 0 spiro atoms. The van der Waals surface area contributed by atoms with E-state index in [9.17, 15) is 0 Å². The van der Waals surface area contributed by atoms with Crippen molar-refractivity contribution < 1.29 is 4.74 Å². The van der Waals surface area contributed by atoms with Crippen LogP contribution in [0.5, 0.6) is 5.88 Å². The smallest absolute Gasteiger partial charge is 0.216 e. The second-order valence-electron chi connectivity index (χ2n) is 5.25. The van der Waals surface area contributed by atoms with Crippen LogP contribution in [0.1, 0.15) is 19.0 Å². The highest BCUT2D eigenvalue weighted by Gasteiger charge is 2.09. The molecule has 0 bridgehead atoms. The molecule has 0 atom stereocenters. The number of methoxy groups -OCH3 is 1. The minimum atomic E-state index is 0.574. The van der Waals surface area contributed by atoms with Gasteiger partial charge in [0.1, 0.15) is 5.69 Å². The molecule has 0 amide bonds. The lowest BCUT2D eigenvalue weighted by Crippen LogP contribution is -2.00. The molecular formula is C19H19N3O. The normalized spacial score (nSPS) is 10.5. The summed E-state index contributed by atoms with van der Waals surface area (Å²) in [6.45, 7) is 2.13. The van der Waals surface area contributed by atoms with E-state index in [1.54, 1.807) is 7.11 Å². The van der Waals surface area contributed by atoms with E-state index < -0.39 is 0 Å². The summed E-state index contributed by atoms with van der Waals surface area (Å²) in [5.41, 5.74) is 3.71. The van der Waals surface area contributed by atoms with E-state index in [-0.39, 0.29) is 0 Å². The fraction of sp³-hybridized carbons (Fsp3) is 0.211. The van der Waals surface area contributed by atoms with E-state index in [0.717, 1.165) is 35.5 Å². The first-order chi connectivity index (χ1) is 11.3. The molecule has 0 saturated carbocycles. The van der Waals surface area contributed by atoms with Gasteiger partial charge in [-0.2, -0.15) is 4.98 Å². The predicted molar refractivity (Wildman–Crippen MR) is 91.2 cm³/mol. The number of pyridine rings is 1. The van der Waals surface area contributed by atoms with Gasteiger partial charge in [0, 0.05) is 17.3 Å². The number of hydrogen-bond acceptors (Lipinski definition) is 4. The Labute approximate surface area is 136 Å². The van der Waals surface area contributed by atoms with E-state index in [1.165, 1.54) is 0 Å². The van der Waals surface area contributed by atoms with Crippen LogP contribution < -0.4 is 4.74 Å². The Hall–Kier alpha value is -2.75. The summed E-state index contributed by atoms with van der Waals surface area (Å²) in [5.74, 6) is 1.18. The van der Waals surface area contributed by atoms with Gasteiger partial charge in [0.05, 0.1) is 12.8 Å². The summed E-state index contributed by atoms with van der Waals surface area (Å²) in [6.07, 6.45) is 1.92. The van der Waals surface area contributed by atoms with Crippen molar-refractivity contribution in [2.24, 2.45) is 0 Å². The van der Waals surface area contributed by atoms with Crippen molar-refractivity contribution in [3.8, 4) is 28.7 Å². The van der Waals surface area contributed by atoms with E-state index in [2.05, 4.69) is 16.9 Å². The van der Waals surface area contributed by atoms with Crippen LogP contribution in [0.3, 0.4) is 0 Å². The van der Waals surface area contributed by atoms with Crippen molar-refractivity contribution in [2.45, 2.75) is 19.8 Å². The number of aryl methyl sites for hydroxylation is 1. The van der Waals surface area contributed by atoms with Crippen LogP contribution in [0.4, 0.5) is 0 Å². The average molecular weight is 305 g/mol. The van der Waals surface area contributed by atoms with Crippen molar-refractivity contribution in [1.29, 1.82) is 0 Å². The topological polar surface area (TPSA) is 47.9 Å². The van der Waals surface area contributed by atoms with Gasteiger partial charge >= 0.3 is 0 Å². The summed E-state index contributed by atoms with van der Waals surface area (Å²) < 4.78 is 5.30. The number of ether oxygens (including phenoxy) is 1. The Bertz CT molecular complexity index is 788. The molecule has 2 heterocycles. The van der Waals surface area contributed by atoms with Crippen LogP contribution in [0.2, 0.25) is 0 Å². The van der Waals surface area contributed by atoms with E-state index >= 15 is 0 Å². The van der Waals surface area contributed by atoms with Crippen molar-refractivity contribution in [2.75, 3.05) is 7.11 Å². The highest BCUT2D eigenvalue weighted by Crippen LogP contribution is 2.22. The highest BCUT2D eigenvalue weighted by molar-refractivity contribution is 5.63. The van der Waals surface area contributed by atoms with Gasteiger partial charge in [-0.25, -0.2) is 9.97 Å². The van der Waals surface area contributed by atoms with Gasteiger partial charge in [-0.05, 0) is 18.6 Å². The second kappa shape index (κ2) is 7.01. The SMILES string of the molecule is CCCc1cc(OC)nc(-c2cccc(-c3ccccc3)n2)n1. The van der Waals surface area contributed by atoms with Crippen molar-refractivity contribution in [3.05, 3.63) is 60.3 Å². The summed E-state index contributed by atoms with van der Waals surface area (Å²) in [4.78, 5) is 13.8. The van der Waals surface area contributed by atoms with Gasteiger partial charge < -0.3 is 4.74 Å². The summed E-state index contributed by atoms with van der Waals surface area (Å²) in [5, 5.41) is 0. The zero-order chi connectivity index (χ0) is 16.1. The summed E-state index contributed by atoms with van der Waals surface area (Å²) in [6, 6.07) is 17.9. The largest absolute Gasteiger partial charge is 0.481 e. The molecule has 3 rings (SSSR count). The number of nitrogens with zero attached hydrogens (tertiary/aromatic N) is 3. The molecule has 0 fully saturated rings. The van der Waals surface area contributed by atoms with Crippen LogP contribution in [0.15, 0.2) is 54.6 Å². The molecule has 0 radical (unpaired) electrons. The number of rotatable bonds is 5. The number of benzene rings is 1. The molecule has 0 aliphatic heterocycles. The van der Waals surface area contributed by atoms with Crippen LogP contribution >= 0.6 is 0 Å². The number of aromatic nitrogens is 3. The maximum absolute atomic E-state index is 5.30. The summed E-state index contributed by atoms with van der Waals surface area (Å²) in [7, 11) is 1.62. The third-order valence-electron chi connectivity index (χ3n) is 3.52. The third-order valence-corrected chi connectivity index (χ3v) is 3.52. The van der Waals surface area contributed by atoms with E-state index in [0.29, 0.717) is 11.7 Å². The van der Waals surface area contributed by atoms with Crippen LogP contribution in [-0.2, 0) is 6.42 Å². The maximum atomic E-state index is 5.30. The van der Waals surface area contributed by atoms with Crippen LogP contribution in [-0.4, -0.2) is 22.1 Å². The van der Waals surface area contributed by atoms with Crippen molar-refractivity contribution in [3.63, 3.8) is 0 Å². The standard InChI is InChI=1S/C19H19N3O/c1-3-8-15-13-18(23-2)22-19(20-15)17-12-7-11-16(21-17)14-9-5-4-6-10-14/h4-7,9-13H,3,8H2,1-2H3. The maximum Gasteiger partial charge on any atom is 0.216 e. The Kier molecular flexibility index (Phi) is 4.62. The molecule has 3 aromatic rings. The van der Waals surface area contributed by atoms with Crippen LogP contribution in [0, 0.1) is 0 Å². The molecule has 2 aromatic heterocycles. The third kappa shape index (κ3) is 3.54. The lowest BCUT2D eigenvalue weighted by molar-refractivity contribution is 0.396. The van der Waals surface area contributed by atoms with E-state index in [1.807, 2.05) is 54.6 Å². The Morgan fingerprint density at radius 1 is 0.870 bits per heavy atom. The van der Waals surface area contributed by atoms with Gasteiger partial charge in [0.25, 0.3) is 0 Å². The number of hydrogen-bond donors (Lipinski definition) is 0. The quantitative estimate of drug-likeness (QED) is 0.710. The Balaban J connectivity index is 2.03. The predicted octanol–water partition coefficient (Wildman–Crippen LogP) is 4.17. The minimum Gasteiger partial charge on any atom is -0.481 e. The van der Waals surface area contributed by atoms with E-state index in [4.69, 9.17) is 9.72 Å². The minimum absolute atomic E-state index is 0.574. The van der Waals surface area contributed by atoms with Gasteiger partial charge in [0.2, 0.25) is 5.88 Å². The molecule has 0 aliphatic carbocycles. The van der Waals surface area contributed by atoms with Gasteiger partial charge in [-0.15, -0.1) is 0 Å². The zero-order valence-electron chi connectivity index (χ0n) is 13.4. The molecular weight excluding hydrogens is 286 g/mol. The van der Waals surface area contributed by atoms with Crippen LogP contribution in [0.25, 0.3) is 22.8 Å². The summed E-state index contributed by atoms with van der Waals surface area (Å²) >= 11 is 0. The first-order valence-corrected chi connectivity index (χ1v) is 7.75. The fourth-order valence-corrected chi connectivity index (χ4v) is 2.40. The van der Waals surface area contributed by atoms with Gasteiger partial charge in [-0.3, -0.25) is 0 Å². The molecule has 0 N–H and O–H groups in total.